The Labute approximate surface area is 203 Å². The Balaban J connectivity index is 1.53. The molecule has 6 rings (SSSR count). The van der Waals surface area contributed by atoms with Gasteiger partial charge in [0.05, 0.1) is 0 Å². The predicted octanol–water partition coefficient (Wildman–Crippen LogP) is 3.74. The van der Waals surface area contributed by atoms with Crippen molar-refractivity contribution in [1.82, 2.24) is 15.1 Å². The van der Waals surface area contributed by atoms with Crippen molar-refractivity contribution in [2.24, 2.45) is 23.7 Å². The van der Waals surface area contributed by atoms with Gasteiger partial charge in [-0.15, -0.1) is 0 Å². The Hall–Kier alpha value is -2.66. The maximum atomic E-state index is 14.2. The zero-order chi connectivity index (χ0) is 23.9. The second-order valence-electron chi connectivity index (χ2n) is 11.0. The number of hydrogen-bond donors (Lipinski definition) is 1. The van der Waals surface area contributed by atoms with Crippen molar-refractivity contribution in [2.75, 3.05) is 19.6 Å². The van der Waals surface area contributed by atoms with Gasteiger partial charge in [-0.3, -0.25) is 14.5 Å². The van der Waals surface area contributed by atoms with E-state index in [0.717, 1.165) is 31.5 Å². The number of amides is 2. The quantitative estimate of drug-likeness (QED) is 0.686. The summed E-state index contributed by atoms with van der Waals surface area (Å²) in [4.78, 5) is 31.7. The number of piperidine rings is 2. The summed E-state index contributed by atoms with van der Waals surface area (Å²) in [5, 5.41) is 3.27. The van der Waals surface area contributed by atoms with Crippen molar-refractivity contribution in [3.63, 3.8) is 0 Å². The van der Waals surface area contributed by atoms with Crippen molar-refractivity contribution < 1.29 is 9.59 Å². The summed E-state index contributed by atoms with van der Waals surface area (Å²) in [6.07, 6.45) is 1.97. The van der Waals surface area contributed by atoms with Gasteiger partial charge in [0.2, 0.25) is 11.8 Å². The topological polar surface area (TPSA) is 52.7 Å². The van der Waals surface area contributed by atoms with Crippen LogP contribution < -0.4 is 5.32 Å². The molecule has 5 atom stereocenters. The number of rotatable bonds is 7. The summed E-state index contributed by atoms with van der Waals surface area (Å²) >= 11 is 0. The molecule has 3 saturated heterocycles. The second-order valence-corrected chi connectivity index (χ2v) is 11.0. The number of nitrogens with one attached hydrogen (secondary N) is 1. The number of carbonyl (C=O) groups excluding carboxylic acids is 2. The molecule has 3 heterocycles. The Morgan fingerprint density at radius 2 is 1.65 bits per heavy atom. The molecule has 4 aliphatic rings. The summed E-state index contributed by atoms with van der Waals surface area (Å²) in [7, 11) is 0. The first-order chi connectivity index (χ1) is 16.4. The summed E-state index contributed by atoms with van der Waals surface area (Å²) in [6, 6.07) is 20.8. The van der Waals surface area contributed by atoms with E-state index in [4.69, 9.17) is 0 Å². The number of benzene rings is 2. The Bertz CT molecular complexity index is 1020. The van der Waals surface area contributed by atoms with E-state index in [0.29, 0.717) is 30.8 Å². The summed E-state index contributed by atoms with van der Waals surface area (Å²) in [5.74, 6) is 1.54. The van der Waals surface area contributed by atoms with Crippen molar-refractivity contribution >= 4 is 11.8 Å². The molecule has 1 saturated carbocycles. The van der Waals surface area contributed by atoms with Gasteiger partial charge in [0, 0.05) is 45.1 Å². The van der Waals surface area contributed by atoms with Crippen LogP contribution in [0.25, 0.3) is 0 Å². The zero-order valence-electron chi connectivity index (χ0n) is 20.6. The molecular weight excluding hydrogens is 422 g/mol. The highest BCUT2D eigenvalue weighted by molar-refractivity contribution is 5.93. The number of carbonyl (C=O) groups is 2. The van der Waals surface area contributed by atoms with Crippen LogP contribution in [0.1, 0.15) is 38.3 Å². The minimum atomic E-state index is -0.788. The predicted molar refractivity (Wildman–Crippen MR) is 134 cm³/mol. The van der Waals surface area contributed by atoms with Gasteiger partial charge in [-0.05, 0) is 41.7 Å². The van der Waals surface area contributed by atoms with Crippen LogP contribution in [0.3, 0.4) is 0 Å². The molecule has 1 aliphatic carbocycles. The molecule has 0 aromatic heterocycles. The molecule has 4 fully saturated rings. The minimum absolute atomic E-state index is 0.0270. The van der Waals surface area contributed by atoms with Gasteiger partial charge in [0.1, 0.15) is 5.54 Å². The van der Waals surface area contributed by atoms with E-state index < -0.39 is 5.54 Å². The van der Waals surface area contributed by atoms with E-state index in [1.54, 1.807) is 6.92 Å². The SMILES string of the molecule is CC(=O)N1CC2CC3CN(CC(C)C)C(C2Cc2ccccc2)C31C(=O)NCc1ccccc1. The molecule has 2 amide bonds. The molecule has 1 N–H and O–H groups in total. The van der Waals surface area contributed by atoms with Crippen LogP contribution in [0, 0.1) is 23.7 Å². The van der Waals surface area contributed by atoms with Gasteiger partial charge >= 0.3 is 0 Å². The lowest BCUT2D eigenvalue weighted by Gasteiger charge is -2.61. The summed E-state index contributed by atoms with van der Waals surface area (Å²) < 4.78 is 0. The minimum Gasteiger partial charge on any atom is -0.350 e. The van der Waals surface area contributed by atoms with Gasteiger partial charge in [-0.2, -0.15) is 0 Å². The van der Waals surface area contributed by atoms with E-state index in [9.17, 15) is 9.59 Å². The first-order valence-electron chi connectivity index (χ1n) is 12.8. The molecule has 5 nitrogen and oxygen atoms in total. The van der Waals surface area contributed by atoms with Gasteiger partial charge in [0.15, 0.2) is 0 Å². The fraction of sp³-hybridized carbons (Fsp3) is 0.517. The first kappa shape index (κ1) is 23.1. The Kier molecular flexibility index (Phi) is 6.24. The average molecular weight is 460 g/mol. The smallest absolute Gasteiger partial charge is 0.248 e. The summed E-state index contributed by atoms with van der Waals surface area (Å²) in [6.45, 7) is 9.17. The standard InChI is InChI=1S/C29H37N3O2/c1-20(2)17-31-19-25-15-24-18-32(21(3)33)29(25,28(34)30-16-23-12-8-5-9-13-23)27(31)26(24)14-22-10-6-4-7-11-22/h4-13,20,24-27H,14-19H2,1-3H3,(H,30,34). The second kappa shape index (κ2) is 9.18. The maximum absolute atomic E-state index is 14.2. The van der Waals surface area contributed by atoms with Crippen molar-refractivity contribution in [2.45, 2.75) is 51.7 Å². The van der Waals surface area contributed by atoms with Gasteiger partial charge in [0.25, 0.3) is 0 Å². The summed E-state index contributed by atoms with van der Waals surface area (Å²) in [5.41, 5.74) is 1.62. The number of nitrogens with zero attached hydrogens (tertiary/aromatic N) is 2. The van der Waals surface area contributed by atoms with E-state index in [1.807, 2.05) is 35.2 Å². The zero-order valence-corrected chi connectivity index (χ0v) is 20.6. The highest BCUT2D eigenvalue weighted by Crippen LogP contribution is 2.57. The molecule has 5 unspecified atom stereocenters. The fourth-order valence-corrected chi connectivity index (χ4v) is 7.25. The number of fused-ring (bicyclic) bond motifs is 1. The average Bonchev–Trinajstić information content (AvgIpc) is 3.08. The molecule has 0 spiro atoms. The van der Waals surface area contributed by atoms with Crippen LogP contribution in [0.4, 0.5) is 0 Å². The van der Waals surface area contributed by atoms with Crippen molar-refractivity contribution in [1.29, 1.82) is 0 Å². The highest BCUT2D eigenvalue weighted by atomic mass is 16.2. The van der Waals surface area contributed by atoms with Gasteiger partial charge in [-0.1, -0.05) is 74.5 Å². The maximum Gasteiger partial charge on any atom is 0.248 e. The molecule has 3 aliphatic heterocycles. The normalized spacial score (nSPS) is 30.1. The third kappa shape index (κ3) is 3.84. The molecule has 2 aromatic rings. The van der Waals surface area contributed by atoms with Crippen LogP contribution >= 0.6 is 0 Å². The first-order valence-corrected chi connectivity index (χ1v) is 12.8. The third-order valence-electron chi connectivity index (χ3n) is 8.34. The Morgan fingerprint density at radius 1 is 1.00 bits per heavy atom. The Morgan fingerprint density at radius 3 is 2.26 bits per heavy atom. The van der Waals surface area contributed by atoms with Crippen LogP contribution in [-0.2, 0) is 22.6 Å². The monoisotopic (exact) mass is 459 g/mol. The molecule has 2 aromatic carbocycles. The van der Waals surface area contributed by atoms with Crippen LogP contribution in [0.5, 0.6) is 0 Å². The van der Waals surface area contributed by atoms with Crippen LogP contribution in [0.2, 0.25) is 0 Å². The fourth-order valence-electron chi connectivity index (χ4n) is 7.25. The number of likely N-dealkylation sites (tertiary alicyclic amines) is 1. The van der Waals surface area contributed by atoms with Gasteiger partial charge in [-0.25, -0.2) is 0 Å². The highest BCUT2D eigenvalue weighted by Gasteiger charge is 2.71. The van der Waals surface area contributed by atoms with E-state index in [-0.39, 0.29) is 23.8 Å². The number of hydrogen-bond acceptors (Lipinski definition) is 3. The van der Waals surface area contributed by atoms with E-state index in [1.165, 1.54) is 5.56 Å². The van der Waals surface area contributed by atoms with Gasteiger partial charge < -0.3 is 10.2 Å². The third-order valence-corrected chi connectivity index (χ3v) is 8.34. The molecule has 34 heavy (non-hydrogen) atoms. The lowest BCUT2D eigenvalue weighted by Crippen LogP contribution is -2.77. The molecule has 4 bridgehead atoms. The van der Waals surface area contributed by atoms with E-state index >= 15 is 0 Å². The lowest BCUT2D eigenvalue weighted by molar-refractivity contribution is -0.172. The van der Waals surface area contributed by atoms with Crippen LogP contribution in [0.15, 0.2) is 60.7 Å². The van der Waals surface area contributed by atoms with Crippen LogP contribution in [-0.4, -0.2) is 52.8 Å². The lowest BCUT2D eigenvalue weighted by atomic mass is 9.57. The molecule has 0 radical (unpaired) electrons. The van der Waals surface area contributed by atoms with E-state index in [2.05, 4.69) is 54.4 Å². The molecule has 180 valence electrons. The van der Waals surface area contributed by atoms with Crippen molar-refractivity contribution in [3.05, 3.63) is 71.8 Å². The molecule has 5 heteroatoms. The van der Waals surface area contributed by atoms with Crippen molar-refractivity contribution in [3.8, 4) is 0 Å². The molecular formula is C29H37N3O2. The largest absolute Gasteiger partial charge is 0.350 e.